The normalized spacial score (nSPS) is 11.4. The molecule has 1 aromatic carbocycles. The first-order chi connectivity index (χ1) is 8.63. The smallest absolute Gasteiger partial charge is 0.239 e. The van der Waals surface area contributed by atoms with Gasteiger partial charge in [0.05, 0.1) is 13.2 Å². The summed E-state index contributed by atoms with van der Waals surface area (Å²) in [5.74, 6) is 0.0396. The minimum Gasteiger partial charge on any atom is -0.496 e. The fourth-order valence-corrected chi connectivity index (χ4v) is 1.75. The van der Waals surface area contributed by atoms with Gasteiger partial charge in [-0.1, -0.05) is 25.1 Å². The van der Waals surface area contributed by atoms with Crippen LogP contribution in [0.4, 0.5) is 0 Å². The summed E-state index contributed by atoms with van der Waals surface area (Å²) < 4.78 is 5.24. The van der Waals surface area contributed by atoms with Crippen molar-refractivity contribution in [3.8, 4) is 11.8 Å². The first kappa shape index (κ1) is 14.0. The minimum atomic E-state index is -0.565. The van der Waals surface area contributed by atoms with Crippen LogP contribution in [0.1, 0.15) is 18.9 Å². The third-order valence-corrected chi connectivity index (χ3v) is 2.84. The number of carbonyl (C=O) groups excluding carboxylic acids is 1. The Morgan fingerprint density at radius 2 is 2.17 bits per heavy atom. The molecule has 0 radical (unpaired) electrons. The van der Waals surface area contributed by atoms with Crippen molar-refractivity contribution in [2.24, 2.45) is 5.92 Å². The highest BCUT2D eigenvalue weighted by molar-refractivity contribution is 5.80. The van der Waals surface area contributed by atoms with E-state index in [4.69, 9.17) is 10.00 Å². The number of carbonyl (C=O) groups is 1. The van der Waals surface area contributed by atoms with Gasteiger partial charge >= 0.3 is 0 Å². The fourth-order valence-electron chi connectivity index (χ4n) is 1.75. The van der Waals surface area contributed by atoms with Crippen LogP contribution in [0, 0.1) is 17.2 Å². The summed E-state index contributed by atoms with van der Waals surface area (Å²) in [6.07, 6.45) is 0.533. The summed E-state index contributed by atoms with van der Waals surface area (Å²) in [5.41, 5.74) is 0.934. The zero-order valence-corrected chi connectivity index (χ0v) is 11.0. The lowest BCUT2D eigenvalue weighted by atomic mass is 10.1. The summed E-state index contributed by atoms with van der Waals surface area (Å²) in [6, 6.07) is 9.58. The van der Waals surface area contributed by atoms with E-state index < -0.39 is 5.92 Å². The largest absolute Gasteiger partial charge is 0.496 e. The summed E-state index contributed by atoms with van der Waals surface area (Å²) >= 11 is 0. The SMILES string of the molecule is CCC(C#N)C(=O)N(C)Cc1ccccc1OC. The van der Waals surface area contributed by atoms with Crippen LogP contribution in [0.2, 0.25) is 0 Å². The van der Waals surface area contributed by atoms with Crippen LogP contribution in [0.3, 0.4) is 0 Å². The Bertz CT molecular complexity index is 451. The van der Waals surface area contributed by atoms with Crippen molar-refractivity contribution in [1.82, 2.24) is 4.90 Å². The number of hydrogen-bond donors (Lipinski definition) is 0. The number of amides is 1. The molecule has 0 bridgehead atoms. The second kappa shape index (κ2) is 6.65. The number of ether oxygens (including phenoxy) is 1. The molecule has 1 rings (SSSR count). The van der Waals surface area contributed by atoms with E-state index in [0.717, 1.165) is 11.3 Å². The summed E-state index contributed by atoms with van der Waals surface area (Å²) in [5, 5.41) is 8.89. The second-order valence-corrected chi connectivity index (χ2v) is 4.10. The molecule has 0 fully saturated rings. The molecule has 0 aliphatic heterocycles. The van der Waals surface area contributed by atoms with Gasteiger partial charge in [0.2, 0.25) is 5.91 Å². The van der Waals surface area contributed by atoms with Crippen molar-refractivity contribution in [3.63, 3.8) is 0 Å². The number of hydrogen-bond acceptors (Lipinski definition) is 3. The number of methoxy groups -OCH3 is 1. The molecular formula is C14H18N2O2. The van der Waals surface area contributed by atoms with E-state index in [1.54, 1.807) is 19.1 Å². The Kier molecular flexibility index (Phi) is 5.19. The number of para-hydroxylation sites is 1. The van der Waals surface area contributed by atoms with Gasteiger partial charge in [-0.15, -0.1) is 0 Å². The van der Waals surface area contributed by atoms with Crippen LogP contribution < -0.4 is 4.74 Å². The molecule has 4 nitrogen and oxygen atoms in total. The summed E-state index contributed by atoms with van der Waals surface area (Å²) in [6.45, 7) is 2.28. The van der Waals surface area contributed by atoms with Crippen molar-refractivity contribution in [1.29, 1.82) is 5.26 Å². The zero-order chi connectivity index (χ0) is 13.5. The lowest BCUT2D eigenvalue weighted by Gasteiger charge is -2.20. The van der Waals surface area contributed by atoms with Crippen LogP contribution in [-0.4, -0.2) is 25.0 Å². The maximum absolute atomic E-state index is 12.0. The van der Waals surface area contributed by atoms with Gasteiger partial charge in [-0.05, 0) is 12.5 Å². The molecule has 0 heterocycles. The number of rotatable bonds is 5. The molecule has 0 saturated heterocycles. The van der Waals surface area contributed by atoms with Gasteiger partial charge in [0.25, 0.3) is 0 Å². The second-order valence-electron chi connectivity index (χ2n) is 4.10. The summed E-state index contributed by atoms with van der Waals surface area (Å²) in [7, 11) is 3.31. The van der Waals surface area contributed by atoms with Gasteiger partial charge in [0.1, 0.15) is 11.7 Å². The van der Waals surface area contributed by atoms with Gasteiger partial charge in [-0.3, -0.25) is 4.79 Å². The first-order valence-electron chi connectivity index (χ1n) is 5.90. The Morgan fingerprint density at radius 3 is 2.72 bits per heavy atom. The van der Waals surface area contributed by atoms with Gasteiger partial charge in [-0.25, -0.2) is 0 Å². The molecule has 0 spiro atoms. The Balaban J connectivity index is 2.78. The van der Waals surface area contributed by atoms with Gasteiger partial charge in [0, 0.05) is 19.2 Å². The molecule has 0 N–H and O–H groups in total. The molecular weight excluding hydrogens is 228 g/mol. The third kappa shape index (κ3) is 3.24. The van der Waals surface area contributed by atoms with Gasteiger partial charge in [-0.2, -0.15) is 5.26 Å². The van der Waals surface area contributed by atoms with Crippen molar-refractivity contribution >= 4 is 5.91 Å². The Labute approximate surface area is 108 Å². The van der Waals surface area contributed by atoms with Crippen LogP contribution in [0.25, 0.3) is 0 Å². The van der Waals surface area contributed by atoms with E-state index >= 15 is 0 Å². The van der Waals surface area contributed by atoms with E-state index in [1.807, 2.05) is 37.3 Å². The predicted molar refractivity (Wildman–Crippen MR) is 68.9 cm³/mol. The molecule has 1 atom stereocenters. The van der Waals surface area contributed by atoms with Gasteiger partial charge < -0.3 is 9.64 Å². The molecule has 0 aliphatic rings. The number of benzene rings is 1. The van der Waals surface area contributed by atoms with Crippen molar-refractivity contribution < 1.29 is 9.53 Å². The molecule has 1 amide bonds. The van der Waals surface area contributed by atoms with E-state index in [-0.39, 0.29) is 5.91 Å². The first-order valence-corrected chi connectivity index (χ1v) is 5.90. The zero-order valence-electron chi connectivity index (χ0n) is 11.0. The minimum absolute atomic E-state index is 0.147. The van der Waals surface area contributed by atoms with Crippen LogP contribution in [-0.2, 0) is 11.3 Å². The van der Waals surface area contributed by atoms with E-state index in [2.05, 4.69) is 0 Å². The van der Waals surface area contributed by atoms with E-state index in [9.17, 15) is 4.79 Å². The molecule has 0 saturated carbocycles. The lowest BCUT2D eigenvalue weighted by Crippen LogP contribution is -2.31. The van der Waals surface area contributed by atoms with Crippen LogP contribution in [0.5, 0.6) is 5.75 Å². The average Bonchev–Trinajstić information content (AvgIpc) is 2.40. The average molecular weight is 246 g/mol. The van der Waals surface area contributed by atoms with Crippen LogP contribution in [0.15, 0.2) is 24.3 Å². The molecule has 0 aromatic heterocycles. The maximum atomic E-state index is 12.0. The van der Waals surface area contributed by atoms with Crippen molar-refractivity contribution in [2.45, 2.75) is 19.9 Å². The van der Waals surface area contributed by atoms with Crippen LogP contribution >= 0.6 is 0 Å². The quantitative estimate of drug-likeness (QED) is 0.800. The van der Waals surface area contributed by atoms with Crippen molar-refractivity contribution in [3.05, 3.63) is 29.8 Å². The van der Waals surface area contributed by atoms with Gasteiger partial charge in [0.15, 0.2) is 0 Å². The third-order valence-electron chi connectivity index (χ3n) is 2.84. The monoisotopic (exact) mass is 246 g/mol. The van der Waals surface area contributed by atoms with Crippen molar-refractivity contribution in [2.75, 3.05) is 14.2 Å². The molecule has 1 unspecified atom stereocenters. The molecule has 96 valence electrons. The lowest BCUT2D eigenvalue weighted by molar-refractivity contribution is -0.133. The summed E-state index contributed by atoms with van der Waals surface area (Å²) in [4.78, 5) is 13.5. The molecule has 0 aliphatic carbocycles. The predicted octanol–water partition coefficient (Wildman–Crippen LogP) is 2.20. The number of nitriles is 1. The molecule has 18 heavy (non-hydrogen) atoms. The number of nitrogens with zero attached hydrogens (tertiary/aromatic N) is 2. The maximum Gasteiger partial charge on any atom is 0.239 e. The fraction of sp³-hybridized carbons (Fsp3) is 0.429. The molecule has 1 aromatic rings. The highest BCUT2D eigenvalue weighted by atomic mass is 16.5. The molecule has 4 heteroatoms. The highest BCUT2D eigenvalue weighted by Gasteiger charge is 2.20. The van der Waals surface area contributed by atoms with E-state index in [0.29, 0.717) is 13.0 Å². The highest BCUT2D eigenvalue weighted by Crippen LogP contribution is 2.19. The Morgan fingerprint density at radius 1 is 1.50 bits per heavy atom. The standard InChI is InChI=1S/C14H18N2O2/c1-4-11(9-15)14(17)16(2)10-12-7-5-6-8-13(12)18-3/h5-8,11H,4,10H2,1-3H3. The Hall–Kier alpha value is -2.02. The topological polar surface area (TPSA) is 53.3 Å². The van der Waals surface area contributed by atoms with E-state index in [1.165, 1.54) is 0 Å².